The fourth-order valence-corrected chi connectivity index (χ4v) is 3.28. The molecule has 1 fully saturated rings. The lowest BCUT2D eigenvalue weighted by Gasteiger charge is -2.46. The quantitative estimate of drug-likeness (QED) is 0.727. The number of benzene rings is 1. The molecule has 1 aliphatic rings. The Labute approximate surface area is 149 Å². The molecule has 1 amide bonds. The summed E-state index contributed by atoms with van der Waals surface area (Å²) in [5.41, 5.74) is 0.505. The zero-order valence-electron chi connectivity index (χ0n) is 15.3. The first-order valence-corrected chi connectivity index (χ1v) is 8.63. The number of hydrogen-bond donors (Lipinski definition) is 0. The fourth-order valence-electron chi connectivity index (χ4n) is 2.88. The van der Waals surface area contributed by atoms with Crippen LogP contribution >= 0.6 is 11.6 Å². The van der Waals surface area contributed by atoms with Crippen LogP contribution in [-0.2, 0) is 4.74 Å². The van der Waals surface area contributed by atoms with Crippen molar-refractivity contribution in [1.82, 2.24) is 4.90 Å². The standard InChI is InChI=1S/C19H26ClNO3/c1-12(2)14-8-7-13(9-15(14)20)16(22)19(6)10-21(11-19)17(23)24-18(3,4)5/h7-9,12H,10-11H2,1-6H3. The smallest absolute Gasteiger partial charge is 0.410 e. The summed E-state index contributed by atoms with van der Waals surface area (Å²) in [6, 6.07) is 5.47. The van der Waals surface area contributed by atoms with Gasteiger partial charge in [0.2, 0.25) is 0 Å². The summed E-state index contributed by atoms with van der Waals surface area (Å²) in [4.78, 5) is 26.4. The molecule has 1 aromatic rings. The molecule has 24 heavy (non-hydrogen) atoms. The molecule has 0 N–H and O–H groups in total. The van der Waals surface area contributed by atoms with Crippen molar-refractivity contribution in [3.05, 3.63) is 34.3 Å². The number of carbonyl (C=O) groups is 2. The van der Waals surface area contributed by atoms with Crippen LogP contribution in [0.2, 0.25) is 5.02 Å². The number of ketones is 1. The molecule has 0 saturated carbocycles. The molecule has 1 heterocycles. The molecule has 1 aliphatic heterocycles. The van der Waals surface area contributed by atoms with Gasteiger partial charge in [0.25, 0.3) is 0 Å². The Morgan fingerprint density at radius 2 is 1.83 bits per heavy atom. The second kappa shape index (κ2) is 6.40. The summed E-state index contributed by atoms with van der Waals surface area (Å²) in [6.07, 6.45) is -0.374. The van der Waals surface area contributed by atoms with Gasteiger partial charge in [0.05, 0.1) is 5.41 Å². The minimum atomic E-state index is -0.584. The molecule has 0 bridgehead atoms. The van der Waals surface area contributed by atoms with Gasteiger partial charge in [0.15, 0.2) is 5.78 Å². The van der Waals surface area contributed by atoms with E-state index in [1.165, 1.54) is 0 Å². The van der Waals surface area contributed by atoms with Crippen molar-refractivity contribution in [1.29, 1.82) is 0 Å². The van der Waals surface area contributed by atoms with Gasteiger partial charge in [-0.05, 0) is 45.2 Å². The average Bonchev–Trinajstić information content (AvgIpc) is 2.40. The van der Waals surface area contributed by atoms with Crippen molar-refractivity contribution in [2.75, 3.05) is 13.1 Å². The molecule has 0 aromatic heterocycles. The van der Waals surface area contributed by atoms with E-state index in [0.717, 1.165) is 5.56 Å². The Hall–Kier alpha value is -1.55. The number of likely N-dealkylation sites (tertiary alicyclic amines) is 1. The summed E-state index contributed by atoms with van der Waals surface area (Å²) < 4.78 is 5.34. The van der Waals surface area contributed by atoms with E-state index in [0.29, 0.717) is 29.6 Å². The normalized spacial score (nSPS) is 16.8. The highest BCUT2D eigenvalue weighted by Gasteiger charge is 2.48. The second-order valence-electron chi connectivity index (χ2n) is 8.12. The van der Waals surface area contributed by atoms with Crippen molar-refractivity contribution >= 4 is 23.5 Å². The number of halogens is 1. The van der Waals surface area contributed by atoms with Gasteiger partial charge in [0.1, 0.15) is 5.60 Å². The molecular formula is C19H26ClNO3. The van der Waals surface area contributed by atoms with E-state index in [9.17, 15) is 9.59 Å². The fraction of sp³-hybridized carbons (Fsp3) is 0.579. The van der Waals surface area contributed by atoms with E-state index in [1.54, 1.807) is 11.0 Å². The van der Waals surface area contributed by atoms with Crippen molar-refractivity contribution in [2.24, 2.45) is 5.41 Å². The predicted octanol–water partition coefficient (Wildman–Crippen LogP) is 4.90. The summed E-state index contributed by atoms with van der Waals surface area (Å²) in [7, 11) is 0. The first-order valence-electron chi connectivity index (χ1n) is 8.25. The van der Waals surface area contributed by atoms with E-state index in [2.05, 4.69) is 13.8 Å². The van der Waals surface area contributed by atoms with Gasteiger partial charge in [-0.15, -0.1) is 0 Å². The van der Waals surface area contributed by atoms with E-state index in [4.69, 9.17) is 16.3 Å². The third-order valence-corrected chi connectivity index (χ3v) is 4.49. The molecule has 0 spiro atoms. The van der Waals surface area contributed by atoms with Crippen LogP contribution in [0.5, 0.6) is 0 Å². The van der Waals surface area contributed by atoms with Crippen molar-refractivity contribution in [3.63, 3.8) is 0 Å². The summed E-state index contributed by atoms with van der Waals surface area (Å²) in [5, 5.41) is 0.614. The van der Waals surface area contributed by atoms with Crippen molar-refractivity contribution < 1.29 is 14.3 Å². The van der Waals surface area contributed by atoms with Gasteiger partial charge in [0, 0.05) is 23.7 Å². The first kappa shape index (κ1) is 18.8. The second-order valence-corrected chi connectivity index (χ2v) is 8.52. The van der Waals surface area contributed by atoms with Gasteiger partial charge in [-0.2, -0.15) is 0 Å². The molecule has 132 valence electrons. The molecule has 0 unspecified atom stereocenters. The maximum Gasteiger partial charge on any atom is 0.410 e. The lowest BCUT2D eigenvalue weighted by Crippen LogP contribution is -2.61. The highest BCUT2D eigenvalue weighted by Crippen LogP contribution is 2.36. The minimum absolute atomic E-state index is 0.0134. The van der Waals surface area contributed by atoms with Gasteiger partial charge in [-0.1, -0.05) is 37.6 Å². The van der Waals surface area contributed by atoms with Crippen LogP contribution in [0.1, 0.15) is 63.4 Å². The zero-order chi connectivity index (χ0) is 18.3. The predicted molar refractivity (Wildman–Crippen MR) is 95.8 cm³/mol. The first-order chi connectivity index (χ1) is 10.9. The zero-order valence-corrected chi connectivity index (χ0v) is 16.0. The molecule has 0 radical (unpaired) electrons. The highest BCUT2D eigenvalue weighted by atomic mass is 35.5. The summed E-state index contributed by atoms with van der Waals surface area (Å²) in [5.74, 6) is 0.322. The maximum atomic E-state index is 12.8. The van der Waals surface area contributed by atoms with Crippen LogP contribution in [0.15, 0.2) is 18.2 Å². The monoisotopic (exact) mass is 351 g/mol. The Kier molecular flexibility index (Phi) is 5.01. The van der Waals surface area contributed by atoms with Gasteiger partial charge in [-0.25, -0.2) is 4.79 Å². The topological polar surface area (TPSA) is 46.6 Å². The van der Waals surface area contributed by atoms with Crippen LogP contribution in [0.3, 0.4) is 0 Å². The molecule has 0 aliphatic carbocycles. The third-order valence-electron chi connectivity index (χ3n) is 4.16. The molecule has 4 nitrogen and oxygen atoms in total. The third kappa shape index (κ3) is 3.92. The molecule has 2 rings (SSSR count). The van der Waals surface area contributed by atoms with Gasteiger partial charge in [-0.3, -0.25) is 4.79 Å². The number of amides is 1. The number of Topliss-reactive ketones (excluding diaryl/α,β-unsaturated/α-hetero) is 1. The average molecular weight is 352 g/mol. The van der Waals surface area contributed by atoms with E-state index >= 15 is 0 Å². The Bertz CT molecular complexity index is 655. The largest absolute Gasteiger partial charge is 0.444 e. The molecule has 1 aromatic carbocycles. The maximum absolute atomic E-state index is 12.8. The summed E-state index contributed by atoms with van der Waals surface area (Å²) in [6.45, 7) is 12.2. The Morgan fingerprint density at radius 3 is 2.29 bits per heavy atom. The Balaban J connectivity index is 2.07. The van der Waals surface area contributed by atoms with Crippen LogP contribution in [0.4, 0.5) is 4.79 Å². The van der Waals surface area contributed by atoms with Crippen molar-refractivity contribution in [2.45, 2.75) is 53.1 Å². The molecule has 5 heteroatoms. The molecule has 1 saturated heterocycles. The number of nitrogens with zero attached hydrogens (tertiary/aromatic N) is 1. The SMILES string of the molecule is CC(C)c1ccc(C(=O)C2(C)CN(C(=O)OC(C)(C)C)C2)cc1Cl. The number of ether oxygens (including phenoxy) is 1. The Morgan fingerprint density at radius 1 is 1.25 bits per heavy atom. The van der Waals surface area contributed by atoms with E-state index in [1.807, 2.05) is 39.8 Å². The molecular weight excluding hydrogens is 326 g/mol. The summed E-state index contributed by atoms with van der Waals surface area (Å²) >= 11 is 6.29. The number of carbonyl (C=O) groups excluding carboxylic acids is 2. The van der Waals surface area contributed by atoms with Crippen LogP contribution in [0, 0.1) is 5.41 Å². The van der Waals surface area contributed by atoms with Gasteiger partial charge < -0.3 is 9.64 Å². The molecule has 0 atom stereocenters. The van der Waals surface area contributed by atoms with Crippen LogP contribution in [0.25, 0.3) is 0 Å². The van der Waals surface area contributed by atoms with Crippen LogP contribution < -0.4 is 0 Å². The van der Waals surface area contributed by atoms with E-state index in [-0.39, 0.29) is 11.9 Å². The van der Waals surface area contributed by atoms with E-state index < -0.39 is 11.0 Å². The number of hydrogen-bond acceptors (Lipinski definition) is 3. The number of rotatable bonds is 3. The van der Waals surface area contributed by atoms with Gasteiger partial charge >= 0.3 is 6.09 Å². The lowest BCUT2D eigenvalue weighted by atomic mass is 9.75. The lowest BCUT2D eigenvalue weighted by molar-refractivity contribution is -0.0197. The minimum Gasteiger partial charge on any atom is -0.444 e. The highest BCUT2D eigenvalue weighted by molar-refractivity contribution is 6.31. The van der Waals surface area contributed by atoms with Crippen molar-refractivity contribution in [3.8, 4) is 0 Å². The van der Waals surface area contributed by atoms with Crippen LogP contribution in [-0.4, -0.2) is 35.5 Å².